The average Bonchev–Trinajstić information content (AvgIpc) is 2.43. The van der Waals surface area contributed by atoms with Crippen LogP contribution < -0.4 is 5.32 Å². The topological polar surface area (TPSA) is 12.0 Å². The molecule has 0 aliphatic heterocycles. The second-order valence-corrected chi connectivity index (χ2v) is 5.39. The Morgan fingerprint density at radius 1 is 1.10 bits per heavy atom. The monoisotopic (exact) mass is 311 g/mol. The minimum absolute atomic E-state index is 0.00741. The Kier molecular flexibility index (Phi) is 5.41. The van der Waals surface area contributed by atoms with E-state index >= 15 is 0 Å². The van der Waals surface area contributed by atoms with Crippen LogP contribution in [0.15, 0.2) is 42.5 Å². The largest absolute Gasteiger partial charge is 0.310 e. The van der Waals surface area contributed by atoms with E-state index in [1.807, 2.05) is 31.2 Å². The van der Waals surface area contributed by atoms with Crippen LogP contribution in [0.4, 0.5) is 4.39 Å². The van der Waals surface area contributed by atoms with Crippen molar-refractivity contribution in [2.24, 2.45) is 0 Å². The number of hydrogen-bond donors (Lipinski definition) is 1. The first kappa shape index (κ1) is 15.3. The van der Waals surface area contributed by atoms with Crippen LogP contribution in [0.3, 0.4) is 0 Å². The predicted octanol–water partition coefficient (Wildman–Crippen LogP) is 5.03. The van der Waals surface area contributed by atoms with E-state index < -0.39 is 0 Å². The number of hydrogen-bond acceptors (Lipinski definition) is 1. The van der Waals surface area contributed by atoms with E-state index in [4.69, 9.17) is 23.2 Å². The van der Waals surface area contributed by atoms with Crippen molar-refractivity contribution in [2.45, 2.75) is 19.4 Å². The van der Waals surface area contributed by atoms with Gasteiger partial charge in [0.2, 0.25) is 0 Å². The highest BCUT2D eigenvalue weighted by Gasteiger charge is 2.16. The highest BCUT2D eigenvalue weighted by molar-refractivity contribution is 6.31. The summed E-state index contributed by atoms with van der Waals surface area (Å²) < 4.78 is 13.4. The SMILES string of the molecule is CCNC(Cc1cc(F)ccc1Cl)c1ccccc1Cl. The van der Waals surface area contributed by atoms with Crippen LogP contribution in [0, 0.1) is 5.82 Å². The maximum Gasteiger partial charge on any atom is 0.123 e. The summed E-state index contributed by atoms with van der Waals surface area (Å²) in [6, 6.07) is 12.1. The van der Waals surface area contributed by atoms with E-state index in [1.54, 1.807) is 6.07 Å². The summed E-state index contributed by atoms with van der Waals surface area (Å²) in [5.41, 5.74) is 1.77. The standard InChI is InChI=1S/C16H16Cl2FN/c1-2-20-16(13-5-3-4-6-15(13)18)10-11-9-12(19)7-8-14(11)17/h3-9,16,20H,2,10H2,1H3. The summed E-state index contributed by atoms with van der Waals surface area (Å²) in [7, 11) is 0. The molecule has 2 rings (SSSR count). The summed E-state index contributed by atoms with van der Waals surface area (Å²) >= 11 is 12.4. The normalized spacial score (nSPS) is 12.4. The Hall–Kier alpha value is -1.09. The minimum Gasteiger partial charge on any atom is -0.310 e. The lowest BCUT2D eigenvalue weighted by Crippen LogP contribution is -2.23. The molecule has 20 heavy (non-hydrogen) atoms. The Morgan fingerprint density at radius 2 is 1.85 bits per heavy atom. The molecule has 0 fully saturated rings. The number of likely N-dealkylation sites (N-methyl/N-ethyl adjacent to an activating group) is 1. The molecule has 0 spiro atoms. The van der Waals surface area contributed by atoms with Gasteiger partial charge in [-0.15, -0.1) is 0 Å². The number of nitrogens with one attached hydrogen (secondary N) is 1. The molecule has 0 amide bonds. The van der Waals surface area contributed by atoms with Gasteiger partial charge in [-0.2, -0.15) is 0 Å². The maximum absolute atomic E-state index is 13.4. The molecule has 1 N–H and O–H groups in total. The maximum atomic E-state index is 13.4. The Morgan fingerprint density at radius 3 is 2.55 bits per heavy atom. The van der Waals surface area contributed by atoms with Crippen LogP contribution >= 0.6 is 23.2 Å². The van der Waals surface area contributed by atoms with Crippen molar-refractivity contribution in [3.8, 4) is 0 Å². The molecule has 0 aromatic heterocycles. The molecular formula is C16H16Cl2FN. The third kappa shape index (κ3) is 3.72. The van der Waals surface area contributed by atoms with Gasteiger partial charge in [-0.05, 0) is 48.4 Å². The fourth-order valence-electron chi connectivity index (χ4n) is 2.22. The van der Waals surface area contributed by atoms with Crippen molar-refractivity contribution in [1.82, 2.24) is 5.32 Å². The predicted molar refractivity (Wildman–Crippen MR) is 83.0 cm³/mol. The lowest BCUT2D eigenvalue weighted by Gasteiger charge is -2.20. The van der Waals surface area contributed by atoms with Crippen molar-refractivity contribution in [3.05, 3.63) is 69.5 Å². The van der Waals surface area contributed by atoms with E-state index in [9.17, 15) is 4.39 Å². The van der Waals surface area contributed by atoms with Gasteiger partial charge in [0.1, 0.15) is 5.82 Å². The first-order valence-electron chi connectivity index (χ1n) is 6.53. The second kappa shape index (κ2) is 7.07. The van der Waals surface area contributed by atoms with E-state index in [0.29, 0.717) is 16.5 Å². The molecule has 106 valence electrons. The summed E-state index contributed by atoms with van der Waals surface area (Å²) in [5.74, 6) is -0.279. The highest BCUT2D eigenvalue weighted by Crippen LogP contribution is 2.28. The van der Waals surface area contributed by atoms with Gasteiger partial charge in [-0.3, -0.25) is 0 Å². The van der Waals surface area contributed by atoms with E-state index in [1.165, 1.54) is 12.1 Å². The number of benzene rings is 2. The quantitative estimate of drug-likeness (QED) is 0.817. The second-order valence-electron chi connectivity index (χ2n) is 4.57. The average molecular weight is 312 g/mol. The minimum atomic E-state index is -0.279. The lowest BCUT2D eigenvalue weighted by molar-refractivity contribution is 0.547. The van der Waals surface area contributed by atoms with Crippen LogP contribution in [0.1, 0.15) is 24.1 Å². The van der Waals surface area contributed by atoms with E-state index in [0.717, 1.165) is 17.7 Å². The van der Waals surface area contributed by atoms with Gasteiger partial charge >= 0.3 is 0 Å². The van der Waals surface area contributed by atoms with Crippen LogP contribution in [-0.4, -0.2) is 6.54 Å². The molecule has 1 nitrogen and oxygen atoms in total. The van der Waals surface area contributed by atoms with Gasteiger partial charge in [0, 0.05) is 16.1 Å². The first-order chi connectivity index (χ1) is 9.61. The van der Waals surface area contributed by atoms with Gasteiger partial charge in [0.15, 0.2) is 0 Å². The van der Waals surface area contributed by atoms with E-state index in [-0.39, 0.29) is 11.9 Å². The van der Waals surface area contributed by atoms with Crippen molar-refractivity contribution < 1.29 is 4.39 Å². The summed E-state index contributed by atoms with van der Waals surface area (Å²) in [6.45, 7) is 2.82. The van der Waals surface area contributed by atoms with Crippen molar-refractivity contribution in [3.63, 3.8) is 0 Å². The molecule has 0 saturated carbocycles. The molecule has 4 heteroatoms. The van der Waals surface area contributed by atoms with Gasteiger partial charge in [-0.25, -0.2) is 4.39 Å². The lowest BCUT2D eigenvalue weighted by atomic mass is 9.98. The van der Waals surface area contributed by atoms with E-state index in [2.05, 4.69) is 5.32 Å². The molecule has 0 bridgehead atoms. The molecule has 1 unspecified atom stereocenters. The number of halogens is 3. The molecule has 1 atom stereocenters. The highest BCUT2D eigenvalue weighted by atomic mass is 35.5. The molecule has 0 radical (unpaired) electrons. The number of rotatable bonds is 5. The summed E-state index contributed by atoms with van der Waals surface area (Å²) in [6.07, 6.45) is 0.591. The zero-order chi connectivity index (χ0) is 14.5. The molecule has 0 saturated heterocycles. The fraction of sp³-hybridized carbons (Fsp3) is 0.250. The van der Waals surface area contributed by atoms with Gasteiger partial charge in [-0.1, -0.05) is 48.3 Å². The third-order valence-corrected chi connectivity index (χ3v) is 3.88. The molecule has 0 aliphatic rings. The molecule has 0 aliphatic carbocycles. The van der Waals surface area contributed by atoms with Crippen molar-refractivity contribution >= 4 is 23.2 Å². The van der Waals surface area contributed by atoms with Crippen LogP contribution in [0.2, 0.25) is 10.0 Å². The first-order valence-corrected chi connectivity index (χ1v) is 7.29. The Balaban J connectivity index is 2.30. The van der Waals surface area contributed by atoms with Gasteiger partial charge in [0.05, 0.1) is 0 Å². The summed E-state index contributed by atoms with van der Waals surface area (Å²) in [5, 5.41) is 4.64. The van der Waals surface area contributed by atoms with Crippen LogP contribution in [0.5, 0.6) is 0 Å². The molecule has 2 aromatic rings. The zero-order valence-electron chi connectivity index (χ0n) is 11.2. The van der Waals surface area contributed by atoms with Crippen LogP contribution in [0.25, 0.3) is 0 Å². The Bertz CT molecular complexity index is 586. The van der Waals surface area contributed by atoms with Crippen molar-refractivity contribution in [1.29, 1.82) is 0 Å². The van der Waals surface area contributed by atoms with Gasteiger partial charge in [0.25, 0.3) is 0 Å². The molecule has 0 heterocycles. The fourth-order valence-corrected chi connectivity index (χ4v) is 2.68. The van der Waals surface area contributed by atoms with Gasteiger partial charge < -0.3 is 5.32 Å². The van der Waals surface area contributed by atoms with Crippen LogP contribution in [-0.2, 0) is 6.42 Å². The molecule has 2 aromatic carbocycles. The zero-order valence-corrected chi connectivity index (χ0v) is 12.7. The third-order valence-electron chi connectivity index (χ3n) is 3.16. The molecular weight excluding hydrogens is 296 g/mol. The summed E-state index contributed by atoms with van der Waals surface area (Å²) in [4.78, 5) is 0. The van der Waals surface area contributed by atoms with Crippen molar-refractivity contribution in [2.75, 3.05) is 6.54 Å². The Labute approximate surface area is 128 Å². The smallest absolute Gasteiger partial charge is 0.123 e.